The van der Waals surface area contributed by atoms with Gasteiger partial charge in [-0.2, -0.15) is 0 Å². The molecule has 1 aliphatic rings. The van der Waals surface area contributed by atoms with E-state index >= 15 is 0 Å². The first-order valence-corrected chi connectivity index (χ1v) is 5.99. The van der Waals surface area contributed by atoms with Crippen molar-refractivity contribution in [3.8, 4) is 0 Å². The van der Waals surface area contributed by atoms with E-state index in [9.17, 15) is 0 Å². The number of aryl methyl sites for hydroxylation is 1. The van der Waals surface area contributed by atoms with Crippen molar-refractivity contribution in [1.29, 1.82) is 0 Å². The summed E-state index contributed by atoms with van der Waals surface area (Å²) >= 11 is 2.45. The van der Waals surface area contributed by atoms with Crippen LogP contribution in [-0.2, 0) is 4.43 Å². The van der Waals surface area contributed by atoms with E-state index in [1.54, 1.807) is 11.1 Å². The van der Waals surface area contributed by atoms with Crippen LogP contribution < -0.4 is 0 Å². The predicted molar refractivity (Wildman–Crippen MR) is 60.9 cm³/mol. The Morgan fingerprint density at radius 3 is 2.75 bits per heavy atom. The first-order chi connectivity index (χ1) is 5.81. The first-order valence-electron chi connectivity index (χ1n) is 4.46. The van der Waals surface area contributed by atoms with Crippen LogP contribution in [0.5, 0.6) is 0 Å². The average molecular weight is 272 g/mol. The van der Waals surface area contributed by atoms with Crippen LogP contribution in [0.4, 0.5) is 0 Å². The van der Waals surface area contributed by atoms with Gasteiger partial charge >= 0.3 is 0 Å². The normalized spacial score (nSPS) is 16.5. The summed E-state index contributed by atoms with van der Waals surface area (Å²) in [5.41, 5.74) is 4.57. The van der Waals surface area contributed by atoms with Gasteiger partial charge in [0.05, 0.1) is 0 Å². The minimum atomic E-state index is 0.898. The molecular weight excluding hydrogens is 259 g/mol. The lowest BCUT2D eigenvalue weighted by atomic mass is 10.0. The topological polar surface area (TPSA) is 0 Å². The maximum atomic E-state index is 2.45. The molecule has 1 saturated carbocycles. The maximum absolute atomic E-state index is 2.45. The van der Waals surface area contributed by atoms with Crippen LogP contribution in [0.2, 0.25) is 0 Å². The van der Waals surface area contributed by atoms with E-state index in [1.807, 2.05) is 0 Å². The quantitative estimate of drug-likeness (QED) is 0.567. The van der Waals surface area contributed by atoms with Gasteiger partial charge in [-0.05, 0) is 36.8 Å². The Morgan fingerprint density at radius 2 is 2.17 bits per heavy atom. The second kappa shape index (κ2) is 3.36. The van der Waals surface area contributed by atoms with Gasteiger partial charge in [0, 0.05) is 4.43 Å². The molecule has 1 aliphatic carbocycles. The monoisotopic (exact) mass is 272 g/mol. The van der Waals surface area contributed by atoms with Gasteiger partial charge < -0.3 is 0 Å². The molecule has 0 radical (unpaired) electrons. The van der Waals surface area contributed by atoms with E-state index < -0.39 is 0 Å². The molecule has 0 aliphatic heterocycles. The van der Waals surface area contributed by atoms with E-state index in [-0.39, 0.29) is 0 Å². The number of benzene rings is 1. The second-order valence-corrected chi connectivity index (χ2v) is 4.37. The number of rotatable bonds is 2. The van der Waals surface area contributed by atoms with Crippen LogP contribution in [-0.4, -0.2) is 0 Å². The van der Waals surface area contributed by atoms with Crippen LogP contribution in [0, 0.1) is 6.92 Å². The van der Waals surface area contributed by atoms with Crippen LogP contribution >= 0.6 is 22.6 Å². The van der Waals surface area contributed by atoms with Gasteiger partial charge in [-0.25, -0.2) is 0 Å². The van der Waals surface area contributed by atoms with Crippen molar-refractivity contribution in [2.45, 2.75) is 30.1 Å². The summed E-state index contributed by atoms with van der Waals surface area (Å²) in [6.45, 7) is 2.18. The molecule has 0 atom stereocenters. The van der Waals surface area contributed by atoms with Crippen molar-refractivity contribution >= 4 is 22.6 Å². The van der Waals surface area contributed by atoms with Gasteiger partial charge in [-0.3, -0.25) is 0 Å². The molecule has 0 N–H and O–H groups in total. The fourth-order valence-electron chi connectivity index (χ4n) is 1.61. The summed E-state index contributed by atoms with van der Waals surface area (Å²) in [6, 6.07) is 6.88. The molecule has 64 valence electrons. The predicted octanol–water partition coefficient (Wildman–Crippen LogP) is 3.81. The van der Waals surface area contributed by atoms with E-state index in [0.717, 1.165) is 10.3 Å². The highest BCUT2D eigenvalue weighted by molar-refractivity contribution is 14.1. The van der Waals surface area contributed by atoms with Crippen molar-refractivity contribution in [3.63, 3.8) is 0 Å². The Balaban J connectivity index is 2.39. The molecule has 1 aromatic rings. The molecule has 0 aromatic heterocycles. The molecule has 1 heteroatoms. The molecule has 0 saturated heterocycles. The third kappa shape index (κ3) is 1.65. The highest BCUT2D eigenvalue weighted by atomic mass is 127. The van der Waals surface area contributed by atoms with E-state index in [1.165, 1.54) is 18.4 Å². The standard InChI is InChI=1S/C11H13I/c1-8-2-3-10(7-12)11(6-8)9-4-5-9/h2-3,6,9H,4-5,7H2,1H3. The van der Waals surface area contributed by atoms with Crippen LogP contribution in [0.15, 0.2) is 18.2 Å². The van der Waals surface area contributed by atoms with Crippen LogP contribution in [0.25, 0.3) is 0 Å². The van der Waals surface area contributed by atoms with Gasteiger partial charge in [-0.1, -0.05) is 46.4 Å². The van der Waals surface area contributed by atoms with Crippen molar-refractivity contribution in [1.82, 2.24) is 0 Å². The van der Waals surface area contributed by atoms with Crippen LogP contribution in [0.3, 0.4) is 0 Å². The van der Waals surface area contributed by atoms with E-state index in [2.05, 4.69) is 47.7 Å². The second-order valence-electron chi connectivity index (χ2n) is 3.61. The highest BCUT2D eigenvalue weighted by Crippen LogP contribution is 2.42. The van der Waals surface area contributed by atoms with Crippen molar-refractivity contribution in [2.75, 3.05) is 0 Å². The average Bonchev–Trinajstić information content (AvgIpc) is 2.87. The molecule has 0 heterocycles. The number of halogens is 1. The lowest BCUT2D eigenvalue weighted by molar-refractivity contribution is 1.09. The third-order valence-corrected chi connectivity index (χ3v) is 3.28. The van der Waals surface area contributed by atoms with Gasteiger partial charge in [0.1, 0.15) is 0 Å². The molecule has 0 nitrogen and oxygen atoms in total. The zero-order valence-corrected chi connectivity index (χ0v) is 9.47. The molecule has 0 bridgehead atoms. The summed E-state index contributed by atoms with van der Waals surface area (Å²) in [4.78, 5) is 0. The Kier molecular flexibility index (Phi) is 2.40. The third-order valence-electron chi connectivity index (χ3n) is 2.46. The van der Waals surface area contributed by atoms with Crippen molar-refractivity contribution in [3.05, 3.63) is 34.9 Å². The molecule has 1 aromatic carbocycles. The van der Waals surface area contributed by atoms with Gasteiger partial charge in [0.25, 0.3) is 0 Å². The fraction of sp³-hybridized carbons (Fsp3) is 0.455. The van der Waals surface area contributed by atoms with Crippen LogP contribution in [0.1, 0.15) is 35.4 Å². The minimum absolute atomic E-state index is 0.898. The summed E-state index contributed by atoms with van der Waals surface area (Å²) in [5, 5.41) is 0. The smallest absolute Gasteiger partial charge is 0.0249 e. The fourth-order valence-corrected chi connectivity index (χ4v) is 2.31. The zero-order valence-electron chi connectivity index (χ0n) is 7.31. The summed E-state index contributed by atoms with van der Waals surface area (Å²) in [7, 11) is 0. The lowest BCUT2D eigenvalue weighted by Gasteiger charge is -2.06. The molecule has 0 amide bonds. The van der Waals surface area contributed by atoms with E-state index in [4.69, 9.17) is 0 Å². The summed E-state index contributed by atoms with van der Waals surface area (Å²) in [6.07, 6.45) is 2.82. The Labute approximate surface area is 87.5 Å². The molecule has 2 rings (SSSR count). The Morgan fingerprint density at radius 1 is 1.42 bits per heavy atom. The highest BCUT2D eigenvalue weighted by Gasteiger charge is 2.25. The Bertz CT molecular complexity index is 287. The zero-order chi connectivity index (χ0) is 8.55. The summed E-state index contributed by atoms with van der Waals surface area (Å²) < 4.78 is 1.16. The van der Waals surface area contributed by atoms with E-state index in [0.29, 0.717) is 0 Å². The number of alkyl halides is 1. The molecular formula is C11H13I. The summed E-state index contributed by atoms with van der Waals surface area (Å²) in [5.74, 6) is 0.898. The van der Waals surface area contributed by atoms with Gasteiger partial charge in [-0.15, -0.1) is 0 Å². The van der Waals surface area contributed by atoms with Crippen molar-refractivity contribution < 1.29 is 0 Å². The molecule has 12 heavy (non-hydrogen) atoms. The van der Waals surface area contributed by atoms with Gasteiger partial charge in [0.15, 0.2) is 0 Å². The maximum Gasteiger partial charge on any atom is 0.0249 e. The Hall–Kier alpha value is -0.0500. The van der Waals surface area contributed by atoms with Crippen molar-refractivity contribution in [2.24, 2.45) is 0 Å². The lowest BCUT2D eigenvalue weighted by Crippen LogP contribution is -1.89. The minimum Gasteiger partial charge on any atom is -0.0812 e. The molecule has 1 fully saturated rings. The number of hydrogen-bond donors (Lipinski definition) is 0. The number of hydrogen-bond acceptors (Lipinski definition) is 0. The molecule has 0 spiro atoms. The largest absolute Gasteiger partial charge is 0.0812 e. The molecule has 0 unspecified atom stereocenters. The van der Waals surface area contributed by atoms with Gasteiger partial charge in [0.2, 0.25) is 0 Å². The SMILES string of the molecule is Cc1ccc(CI)c(C2CC2)c1. The first kappa shape index (κ1) is 8.54.